The van der Waals surface area contributed by atoms with Gasteiger partial charge < -0.3 is 15.0 Å². The van der Waals surface area contributed by atoms with E-state index in [1.54, 1.807) is 18.1 Å². The molecule has 0 aliphatic rings. The van der Waals surface area contributed by atoms with E-state index in [0.29, 0.717) is 18.8 Å². The molecule has 0 aliphatic heterocycles. The number of nitrogens with one attached hydrogen (secondary N) is 1. The lowest BCUT2D eigenvalue weighted by molar-refractivity contribution is -0.120. The van der Waals surface area contributed by atoms with Gasteiger partial charge in [0.2, 0.25) is 5.91 Å². The van der Waals surface area contributed by atoms with Crippen molar-refractivity contribution >= 4 is 17.5 Å². The molecule has 2 amide bonds. The molecule has 0 unspecified atom stereocenters. The quantitative estimate of drug-likeness (QED) is 0.312. The van der Waals surface area contributed by atoms with Crippen LogP contribution in [0.15, 0.2) is 103 Å². The highest BCUT2D eigenvalue weighted by molar-refractivity contribution is 6.06. The Labute approximate surface area is 216 Å². The number of carbonyl (C=O) groups is 2. The topological polar surface area (TPSA) is 58.6 Å². The molecule has 0 radical (unpaired) electrons. The summed E-state index contributed by atoms with van der Waals surface area (Å²) in [7, 11) is 1.63. The first-order valence-electron chi connectivity index (χ1n) is 12.1. The Balaban J connectivity index is 1.40. The fourth-order valence-electron chi connectivity index (χ4n) is 4.00. The third kappa shape index (κ3) is 7.27. The van der Waals surface area contributed by atoms with Gasteiger partial charge in [0.15, 0.2) is 0 Å². The number of nitrogens with zero attached hydrogens (tertiary/aromatic N) is 1. The normalized spacial score (nSPS) is 10.5. The minimum absolute atomic E-state index is 0.0711. The van der Waals surface area contributed by atoms with Gasteiger partial charge in [0.25, 0.3) is 5.91 Å². The second-order valence-corrected chi connectivity index (χ2v) is 8.68. The fourth-order valence-corrected chi connectivity index (χ4v) is 4.00. The summed E-state index contributed by atoms with van der Waals surface area (Å²) in [5, 5.41) is 2.95. The van der Waals surface area contributed by atoms with Crippen molar-refractivity contribution in [1.29, 1.82) is 0 Å². The number of methoxy groups -OCH3 is 1. The first kappa shape index (κ1) is 25.6. The average Bonchev–Trinajstić information content (AvgIpc) is 2.93. The van der Waals surface area contributed by atoms with Crippen molar-refractivity contribution in [3.8, 4) is 5.75 Å². The van der Waals surface area contributed by atoms with Gasteiger partial charge in [0, 0.05) is 17.8 Å². The van der Waals surface area contributed by atoms with Crippen LogP contribution in [0.5, 0.6) is 5.75 Å². The van der Waals surface area contributed by atoms with E-state index in [-0.39, 0.29) is 23.8 Å². The smallest absolute Gasteiger partial charge is 0.258 e. The molecule has 0 aromatic heterocycles. The number of amides is 2. The van der Waals surface area contributed by atoms with Gasteiger partial charge in [-0.2, -0.15) is 0 Å². The van der Waals surface area contributed by atoms with Crippen LogP contribution in [-0.4, -0.2) is 25.5 Å². The molecule has 0 aliphatic carbocycles. The number of carbonyl (C=O) groups excluding carboxylic acids is 2. The predicted molar refractivity (Wildman–Crippen MR) is 143 cm³/mol. The number of benzene rings is 4. The van der Waals surface area contributed by atoms with Gasteiger partial charge in [0.1, 0.15) is 11.6 Å². The van der Waals surface area contributed by atoms with Crippen molar-refractivity contribution in [1.82, 2.24) is 5.32 Å². The van der Waals surface area contributed by atoms with Crippen LogP contribution in [0.3, 0.4) is 0 Å². The van der Waals surface area contributed by atoms with E-state index in [9.17, 15) is 14.0 Å². The Bertz CT molecular complexity index is 1320. The number of hydrogen-bond donors (Lipinski definition) is 1. The van der Waals surface area contributed by atoms with Gasteiger partial charge in [-0.1, -0.05) is 60.7 Å². The van der Waals surface area contributed by atoms with E-state index >= 15 is 0 Å². The summed E-state index contributed by atoms with van der Waals surface area (Å²) in [5.74, 6) is -0.0271. The highest BCUT2D eigenvalue weighted by Crippen LogP contribution is 2.22. The highest BCUT2D eigenvalue weighted by Gasteiger charge is 2.19. The minimum Gasteiger partial charge on any atom is -0.497 e. The number of halogens is 1. The third-order valence-electron chi connectivity index (χ3n) is 6.01. The zero-order valence-electron chi connectivity index (χ0n) is 20.7. The predicted octanol–water partition coefficient (Wildman–Crippen LogP) is 5.58. The summed E-state index contributed by atoms with van der Waals surface area (Å²) in [5.41, 5.74) is 3.85. The Morgan fingerprint density at radius 3 is 2.19 bits per heavy atom. The number of anilines is 1. The van der Waals surface area contributed by atoms with Gasteiger partial charge >= 0.3 is 0 Å². The second kappa shape index (κ2) is 12.5. The SMILES string of the molecule is COc1ccc(CCNC(=O)Cc2ccc(N(Cc3ccccc3)C(=O)c3cccc(F)c3)cc2)cc1. The molecule has 0 saturated carbocycles. The molecule has 4 aromatic rings. The van der Waals surface area contributed by atoms with Crippen molar-refractivity contribution in [2.75, 3.05) is 18.6 Å². The molecule has 0 bridgehead atoms. The highest BCUT2D eigenvalue weighted by atomic mass is 19.1. The number of ether oxygens (including phenoxy) is 1. The van der Waals surface area contributed by atoms with Crippen LogP contribution in [0.2, 0.25) is 0 Å². The average molecular weight is 497 g/mol. The van der Waals surface area contributed by atoms with E-state index in [1.165, 1.54) is 18.2 Å². The first-order valence-corrected chi connectivity index (χ1v) is 12.1. The monoisotopic (exact) mass is 496 g/mol. The zero-order valence-corrected chi connectivity index (χ0v) is 20.7. The van der Waals surface area contributed by atoms with Gasteiger partial charge in [-0.05, 0) is 65.6 Å². The number of hydrogen-bond acceptors (Lipinski definition) is 3. The molecule has 0 heterocycles. The zero-order chi connectivity index (χ0) is 26.0. The van der Waals surface area contributed by atoms with E-state index in [2.05, 4.69) is 5.32 Å². The van der Waals surface area contributed by atoms with E-state index in [1.807, 2.05) is 78.9 Å². The van der Waals surface area contributed by atoms with Crippen molar-refractivity contribution in [2.45, 2.75) is 19.4 Å². The van der Waals surface area contributed by atoms with Crippen molar-refractivity contribution in [3.63, 3.8) is 0 Å². The maximum atomic E-state index is 13.8. The van der Waals surface area contributed by atoms with Crippen molar-refractivity contribution in [3.05, 3.63) is 131 Å². The molecule has 1 N–H and O–H groups in total. The lowest BCUT2D eigenvalue weighted by Crippen LogP contribution is -2.30. The second-order valence-electron chi connectivity index (χ2n) is 8.68. The molecule has 0 spiro atoms. The molecule has 188 valence electrons. The molecule has 5 nitrogen and oxygen atoms in total. The van der Waals surface area contributed by atoms with Crippen LogP contribution >= 0.6 is 0 Å². The molecule has 37 heavy (non-hydrogen) atoms. The van der Waals surface area contributed by atoms with E-state index in [0.717, 1.165) is 28.9 Å². The van der Waals surface area contributed by atoms with Gasteiger partial charge in [-0.25, -0.2) is 4.39 Å². The van der Waals surface area contributed by atoms with Crippen LogP contribution in [-0.2, 0) is 24.2 Å². The van der Waals surface area contributed by atoms with Crippen LogP contribution in [0.1, 0.15) is 27.0 Å². The lowest BCUT2D eigenvalue weighted by atomic mass is 10.1. The summed E-state index contributed by atoms with van der Waals surface area (Å²) < 4.78 is 19.0. The first-order chi connectivity index (χ1) is 18.0. The van der Waals surface area contributed by atoms with Crippen LogP contribution < -0.4 is 15.0 Å². The Morgan fingerprint density at radius 2 is 1.51 bits per heavy atom. The van der Waals surface area contributed by atoms with Crippen LogP contribution in [0, 0.1) is 5.82 Å². The van der Waals surface area contributed by atoms with Crippen LogP contribution in [0.25, 0.3) is 0 Å². The standard InChI is InChI=1S/C31H29FN2O3/c1-37-29-16-12-23(13-17-29)18-19-33-30(35)20-24-10-14-28(15-11-24)34(22-25-6-3-2-4-7-25)31(36)26-8-5-9-27(32)21-26/h2-17,21H,18-20,22H2,1H3,(H,33,35). The Morgan fingerprint density at radius 1 is 0.811 bits per heavy atom. The molecular weight excluding hydrogens is 467 g/mol. The van der Waals surface area contributed by atoms with Crippen molar-refractivity contribution < 1.29 is 18.7 Å². The summed E-state index contributed by atoms with van der Waals surface area (Å²) in [4.78, 5) is 27.4. The van der Waals surface area contributed by atoms with Crippen molar-refractivity contribution in [2.24, 2.45) is 0 Å². The van der Waals surface area contributed by atoms with Gasteiger partial charge in [-0.3, -0.25) is 9.59 Å². The summed E-state index contributed by atoms with van der Waals surface area (Å²) in [6, 6.07) is 30.4. The lowest BCUT2D eigenvalue weighted by Gasteiger charge is -2.23. The van der Waals surface area contributed by atoms with E-state index < -0.39 is 5.82 Å². The summed E-state index contributed by atoms with van der Waals surface area (Å²) in [6.45, 7) is 0.873. The maximum Gasteiger partial charge on any atom is 0.258 e. The molecule has 4 aromatic carbocycles. The Hall–Kier alpha value is -4.45. The maximum absolute atomic E-state index is 13.8. The molecule has 0 atom stereocenters. The molecule has 0 saturated heterocycles. The molecule has 0 fully saturated rings. The summed E-state index contributed by atoms with van der Waals surface area (Å²) in [6.07, 6.45) is 0.963. The minimum atomic E-state index is -0.459. The largest absolute Gasteiger partial charge is 0.497 e. The van der Waals surface area contributed by atoms with Gasteiger partial charge in [0.05, 0.1) is 20.1 Å². The van der Waals surface area contributed by atoms with Crippen LogP contribution in [0.4, 0.5) is 10.1 Å². The van der Waals surface area contributed by atoms with Gasteiger partial charge in [-0.15, -0.1) is 0 Å². The molecule has 4 rings (SSSR count). The fraction of sp³-hybridized carbons (Fsp3) is 0.161. The Kier molecular flexibility index (Phi) is 8.66. The number of rotatable bonds is 10. The molecular formula is C31H29FN2O3. The van der Waals surface area contributed by atoms with E-state index in [4.69, 9.17) is 4.74 Å². The third-order valence-corrected chi connectivity index (χ3v) is 6.01. The summed E-state index contributed by atoms with van der Waals surface area (Å²) >= 11 is 0. The molecule has 6 heteroatoms.